The first-order valence-electron chi connectivity index (χ1n) is 13.7. The van der Waals surface area contributed by atoms with E-state index in [0.717, 1.165) is 18.0 Å². The van der Waals surface area contributed by atoms with Crippen LogP contribution in [0, 0.1) is 0 Å². The number of piperazine rings is 1. The zero-order valence-electron chi connectivity index (χ0n) is 23.2. The Morgan fingerprint density at radius 2 is 1.90 bits per heavy atom. The standard InChI is InChI=1S/C27H35N5O7S2/c1-18-14-31(9-10-32(18)19(2)33)15-22-13-28-27(40-22)29-26(34)25(30-39-21-7-11-37-16-21)20-3-5-23(6-4-20)41(35,36)24-8-12-38-17-24/h3-6,13,18,21,24H,7-12,14-17H2,1-2H3,(H,28,29,34)/t18-,21+,24-/m0/s1. The van der Waals surface area contributed by atoms with Gasteiger partial charge in [0.25, 0.3) is 5.91 Å². The molecule has 3 aliphatic heterocycles. The number of thiazole rings is 1. The fraction of sp³-hybridized carbons (Fsp3) is 0.556. The monoisotopic (exact) mass is 605 g/mol. The van der Waals surface area contributed by atoms with Gasteiger partial charge in [-0.15, -0.1) is 11.3 Å². The summed E-state index contributed by atoms with van der Waals surface area (Å²) < 4.78 is 36.5. The summed E-state index contributed by atoms with van der Waals surface area (Å²) >= 11 is 1.37. The molecule has 5 rings (SSSR count). The SMILES string of the molecule is CC(=O)N1CCN(Cc2cnc(NC(=O)C(=NO[C@@H]3CCOC3)c3ccc(S(=O)(=O)[C@H]4CCOC4)cc3)s2)C[C@@H]1C. The first-order valence-corrected chi connectivity index (χ1v) is 16.1. The summed E-state index contributed by atoms with van der Waals surface area (Å²) in [6.45, 7) is 8.05. The number of hydrogen-bond acceptors (Lipinski definition) is 11. The van der Waals surface area contributed by atoms with Gasteiger partial charge in [-0.1, -0.05) is 17.3 Å². The highest BCUT2D eigenvalue weighted by molar-refractivity contribution is 7.92. The highest BCUT2D eigenvalue weighted by Crippen LogP contribution is 2.25. The zero-order chi connectivity index (χ0) is 29.0. The molecular weight excluding hydrogens is 570 g/mol. The van der Waals surface area contributed by atoms with E-state index in [1.54, 1.807) is 25.3 Å². The van der Waals surface area contributed by atoms with Crippen molar-refractivity contribution in [2.45, 2.75) is 55.5 Å². The van der Waals surface area contributed by atoms with E-state index in [9.17, 15) is 18.0 Å². The number of nitrogens with zero attached hydrogens (tertiary/aromatic N) is 4. The van der Waals surface area contributed by atoms with Crippen LogP contribution in [-0.4, -0.2) is 104 Å². The van der Waals surface area contributed by atoms with Gasteiger partial charge in [-0.05, 0) is 25.5 Å². The Bertz CT molecular complexity index is 1370. The highest BCUT2D eigenvalue weighted by Gasteiger charge is 2.31. The Labute approximate surface area is 243 Å². The number of rotatable bonds is 9. The lowest BCUT2D eigenvalue weighted by Crippen LogP contribution is -2.52. The normalized spacial score (nSPS) is 24.0. The van der Waals surface area contributed by atoms with E-state index >= 15 is 0 Å². The van der Waals surface area contributed by atoms with E-state index in [1.165, 1.54) is 23.5 Å². The maximum absolute atomic E-state index is 13.4. The molecule has 0 saturated carbocycles. The molecule has 41 heavy (non-hydrogen) atoms. The smallest absolute Gasteiger partial charge is 0.280 e. The number of ether oxygens (including phenoxy) is 2. The summed E-state index contributed by atoms with van der Waals surface area (Å²) in [5.74, 6) is -0.435. The number of carbonyl (C=O) groups is 2. The Hall–Kier alpha value is -2.91. The number of amides is 2. The molecule has 0 spiro atoms. The van der Waals surface area contributed by atoms with Gasteiger partial charge in [0, 0.05) is 68.8 Å². The van der Waals surface area contributed by atoms with Crippen molar-refractivity contribution >= 4 is 43.8 Å². The third kappa shape index (κ3) is 7.12. The Morgan fingerprint density at radius 3 is 2.56 bits per heavy atom. The average molecular weight is 606 g/mol. The lowest BCUT2D eigenvalue weighted by Gasteiger charge is -2.39. The number of hydrogen-bond donors (Lipinski definition) is 1. The van der Waals surface area contributed by atoms with E-state index < -0.39 is 21.0 Å². The van der Waals surface area contributed by atoms with Gasteiger partial charge < -0.3 is 19.2 Å². The maximum atomic E-state index is 13.4. The second-order valence-electron chi connectivity index (χ2n) is 10.5. The molecule has 3 aliphatic rings. The Morgan fingerprint density at radius 1 is 1.15 bits per heavy atom. The number of aromatic nitrogens is 1. The Kier molecular flexibility index (Phi) is 9.34. The fourth-order valence-corrected chi connectivity index (χ4v) is 7.59. The topological polar surface area (TPSA) is 140 Å². The van der Waals surface area contributed by atoms with Crippen LogP contribution in [-0.2, 0) is 40.3 Å². The van der Waals surface area contributed by atoms with Gasteiger partial charge in [0.2, 0.25) is 5.91 Å². The van der Waals surface area contributed by atoms with Crippen LogP contribution in [0.25, 0.3) is 0 Å². The summed E-state index contributed by atoms with van der Waals surface area (Å²) in [5, 5.41) is 6.82. The van der Waals surface area contributed by atoms with Gasteiger partial charge in [0.1, 0.15) is 0 Å². The summed E-state index contributed by atoms with van der Waals surface area (Å²) in [5.41, 5.74) is 0.424. The van der Waals surface area contributed by atoms with E-state index in [1.807, 2.05) is 11.8 Å². The largest absolute Gasteiger partial charge is 0.389 e. The maximum Gasteiger partial charge on any atom is 0.280 e. The lowest BCUT2D eigenvalue weighted by atomic mass is 10.1. The number of anilines is 1. The molecule has 4 heterocycles. The molecule has 1 aromatic heterocycles. The van der Waals surface area contributed by atoms with Crippen molar-refractivity contribution in [3.05, 3.63) is 40.9 Å². The summed E-state index contributed by atoms with van der Waals surface area (Å²) in [6.07, 6.45) is 2.59. The quantitative estimate of drug-likeness (QED) is 0.335. The van der Waals surface area contributed by atoms with Crippen LogP contribution in [0.15, 0.2) is 40.5 Å². The third-order valence-corrected chi connectivity index (χ3v) is 10.5. The van der Waals surface area contributed by atoms with E-state index in [2.05, 4.69) is 20.4 Å². The highest BCUT2D eigenvalue weighted by atomic mass is 32.2. The molecule has 1 aromatic carbocycles. The zero-order valence-corrected chi connectivity index (χ0v) is 24.8. The van der Waals surface area contributed by atoms with Crippen LogP contribution < -0.4 is 5.32 Å². The molecule has 0 bridgehead atoms. The van der Waals surface area contributed by atoms with Crippen LogP contribution >= 0.6 is 11.3 Å². The van der Waals surface area contributed by atoms with Gasteiger partial charge in [-0.3, -0.25) is 19.8 Å². The van der Waals surface area contributed by atoms with Crippen molar-refractivity contribution in [2.24, 2.45) is 5.16 Å². The molecular formula is C27H35N5O7S2. The van der Waals surface area contributed by atoms with Crippen molar-refractivity contribution in [2.75, 3.05) is 51.4 Å². The van der Waals surface area contributed by atoms with Crippen LogP contribution in [0.5, 0.6) is 0 Å². The lowest BCUT2D eigenvalue weighted by molar-refractivity contribution is -0.133. The van der Waals surface area contributed by atoms with Crippen molar-refractivity contribution in [3.8, 4) is 0 Å². The van der Waals surface area contributed by atoms with Crippen molar-refractivity contribution in [3.63, 3.8) is 0 Å². The van der Waals surface area contributed by atoms with Crippen molar-refractivity contribution in [1.29, 1.82) is 0 Å². The molecule has 12 nitrogen and oxygen atoms in total. The number of oxime groups is 1. The third-order valence-electron chi connectivity index (χ3n) is 7.45. The minimum Gasteiger partial charge on any atom is -0.389 e. The van der Waals surface area contributed by atoms with Crippen molar-refractivity contribution in [1.82, 2.24) is 14.8 Å². The molecule has 0 aliphatic carbocycles. The summed E-state index contributed by atoms with van der Waals surface area (Å²) in [7, 11) is -3.54. The van der Waals surface area contributed by atoms with Crippen LogP contribution in [0.3, 0.4) is 0 Å². The molecule has 3 atom stereocenters. The molecule has 3 saturated heterocycles. The minimum absolute atomic E-state index is 0.0102. The predicted molar refractivity (Wildman–Crippen MR) is 153 cm³/mol. The van der Waals surface area contributed by atoms with Gasteiger partial charge in [0.15, 0.2) is 26.8 Å². The fourth-order valence-electron chi connectivity index (χ4n) is 5.16. The first kappa shape index (κ1) is 29.6. The number of nitrogens with one attached hydrogen (secondary N) is 1. The second-order valence-corrected chi connectivity index (χ2v) is 13.8. The summed E-state index contributed by atoms with van der Waals surface area (Å²) in [4.78, 5) is 40.4. The number of benzene rings is 1. The molecule has 14 heteroatoms. The molecule has 0 radical (unpaired) electrons. The van der Waals surface area contributed by atoms with Crippen molar-refractivity contribution < 1.29 is 32.3 Å². The average Bonchev–Trinajstić information content (AvgIpc) is 3.73. The molecule has 1 N–H and O–H groups in total. The van der Waals surface area contributed by atoms with Crippen LogP contribution in [0.4, 0.5) is 5.13 Å². The minimum atomic E-state index is -3.54. The number of sulfone groups is 1. The number of carbonyl (C=O) groups excluding carboxylic acids is 2. The van der Waals surface area contributed by atoms with E-state index in [4.69, 9.17) is 14.3 Å². The summed E-state index contributed by atoms with van der Waals surface area (Å²) in [6, 6.07) is 6.22. The van der Waals surface area contributed by atoms with Gasteiger partial charge in [-0.2, -0.15) is 0 Å². The van der Waals surface area contributed by atoms with E-state index in [0.29, 0.717) is 56.4 Å². The van der Waals surface area contributed by atoms with Gasteiger partial charge >= 0.3 is 0 Å². The van der Waals surface area contributed by atoms with Crippen LogP contribution in [0.2, 0.25) is 0 Å². The molecule has 0 unspecified atom stereocenters. The van der Waals surface area contributed by atoms with E-state index in [-0.39, 0.29) is 35.3 Å². The Balaban J connectivity index is 1.27. The van der Waals surface area contributed by atoms with Crippen LogP contribution in [0.1, 0.15) is 37.1 Å². The predicted octanol–water partition coefficient (Wildman–Crippen LogP) is 1.91. The molecule has 2 aromatic rings. The van der Waals surface area contributed by atoms with Gasteiger partial charge in [-0.25, -0.2) is 13.4 Å². The second kappa shape index (κ2) is 12.9. The molecule has 2 amide bonds. The van der Waals surface area contributed by atoms with Gasteiger partial charge in [0.05, 0.1) is 30.0 Å². The first-order chi connectivity index (χ1) is 19.7. The molecule has 3 fully saturated rings. The molecule has 222 valence electrons.